The van der Waals surface area contributed by atoms with E-state index in [0.717, 1.165) is 0 Å². The average molecular weight is 281 g/mol. The lowest BCUT2D eigenvalue weighted by Crippen LogP contribution is -2.06. The van der Waals surface area contributed by atoms with Gasteiger partial charge in [-0.2, -0.15) is 0 Å². The van der Waals surface area contributed by atoms with Crippen LogP contribution < -0.4 is 5.32 Å². The minimum atomic E-state index is -0.541. The maximum atomic E-state index is 11.2. The third-order valence-corrected chi connectivity index (χ3v) is 2.08. The van der Waals surface area contributed by atoms with E-state index in [1.165, 1.54) is 23.6 Å². The first-order valence-corrected chi connectivity index (χ1v) is 6.01. The molecule has 2 heterocycles. The van der Waals surface area contributed by atoms with Gasteiger partial charge in [0.15, 0.2) is 17.3 Å². The van der Waals surface area contributed by atoms with E-state index in [1.807, 2.05) is 13.8 Å². The Morgan fingerprint density at radius 3 is 2.68 bits per heavy atom. The van der Waals surface area contributed by atoms with Crippen LogP contribution in [0.1, 0.15) is 24.3 Å². The molecule has 1 N–H and O–H groups in total. The van der Waals surface area contributed by atoms with Crippen LogP contribution in [0.2, 0.25) is 0 Å². The molecule has 0 aliphatic carbocycles. The minimum absolute atomic E-state index is 0.128. The van der Waals surface area contributed by atoms with Gasteiger partial charge in [-0.15, -0.1) is 5.10 Å². The number of nitrogens with one attached hydrogen (secondary N) is 1. The quantitative estimate of drug-likeness (QED) is 0.661. The molecule has 0 saturated heterocycles. The Bertz CT molecular complexity index is 543. The Hall–Kier alpha value is -2.09. The summed E-state index contributed by atoms with van der Waals surface area (Å²) >= 11 is 4.00. The van der Waals surface area contributed by atoms with Crippen molar-refractivity contribution in [2.75, 3.05) is 12.4 Å². The van der Waals surface area contributed by atoms with Gasteiger partial charge in [0.2, 0.25) is 0 Å². The lowest BCUT2D eigenvalue weighted by molar-refractivity contribution is 0.0593. The average Bonchev–Trinajstić information content (AvgIpc) is 2.85. The Labute approximate surface area is 116 Å². The van der Waals surface area contributed by atoms with Crippen molar-refractivity contribution < 1.29 is 9.53 Å². The van der Waals surface area contributed by atoms with Crippen molar-refractivity contribution in [3.05, 3.63) is 30.4 Å². The second-order valence-electron chi connectivity index (χ2n) is 3.03. The van der Waals surface area contributed by atoms with E-state index >= 15 is 0 Å². The zero-order chi connectivity index (χ0) is 14.3. The molecule has 0 aliphatic rings. The number of ether oxygens (including phenoxy) is 1. The largest absolute Gasteiger partial charge is 0.464 e. The van der Waals surface area contributed by atoms with Crippen molar-refractivity contribution in [3.63, 3.8) is 0 Å². The summed E-state index contributed by atoms with van der Waals surface area (Å²) < 4.78 is 5.89. The summed E-state index contributed by atoms with van der Waals surface area (Å²) in [5.41, 5.74) is 0.128. The highest BCUT2D eigenvalue weighted by Gasteiger charge is 2.08. The fraction of sp³-hybridized carbons (Fsp3) is 0.273. The third kappa shape index (κ3) is 4.25. The molecule has 0 amide bonds. The van der Waals surface area contributed by atoms with Crippen molar-refractivity contribution in [2.45, 2.75) is 13.8 Å². The third-order valence-electron chi connectivity index (χ3n) is 1.86. The molecule has 7 nitrogen and oxygen atoms in total. The van der Waals surface area contributed by atoms with E-state index in [9.17, 15) is 4.79 Å². The van der Waals surface area contributed by atoms with Gasteiger partial charge in [-0.25, -0.2) is 13.9 Å². The molecule has 102 valence electrons. The zero-order valence-corrected chi connectivity index (χ0v) is 11.8. The number of hydrogen-bond donors (Lipinski definition) is 2. The van der Waals surface area contributed by atoms with Gasteiger partial charge < -0.3 is 10.1 Å². The number of anilines is 2. The van der Waals surface area contributed by atoms with E-state index in [1.54, 1.807) is 12.3 Å². The molecular weight excluding hydrogens is 266 g/mol. The predicted molar refractivity (Wildman–Crippen MR) is 74.6 cm³/mol. The maximum Gasteiger partial charge on any atom is 0.358 e. The highest BCUT2D eigenvalue weighted by Crippen LogP contribution is 2.11. The predicted octanol–water partition coefficient (Wildman–Crippen LogP) is 1.92. The first kappa shape index (κ1) is 15.0. The molecule has 0 radical (unpaired) electrons. The molecule has 0 unspecified atom stereocenters. The van der Waals surface area contributed by atoms with E-state index in [-0.39, 0.29) is 5.69 Å². The Kier molecular flexibility index (Phi) is 5.80. The monoisotopic (exact) mass is 281 g/mol. The van der Waals surface area contributed by atoms with Crippen LogP contribution in [0.3, 0.4) is 0 Å². The molecule has 0 saturated carbocycles. The normalized spacial score (nSPS) is 9.26. The summed E-state index contributed by atoms with van der Waals surface area (Å²) in [7, 11) is 1.28. The van der Waals surface area contributed by atoms with Gasteiger partial charge in [0, 0.05) is 12.3 Å². The number of carbonyl (C=O) groups is 1. The highest BCUT2D eigenvalue weighted by atomic mass is 32.1. The van der Waals surface area contributed by atoms with Crippen LogP contribution in [0.25, 0.3) is 0 Å². The van der Waals surface area contributed by atoms with Gasteiger partial charge in [0.25, 0.3) is 0 Å². The van der Waals surface area contributed by atoms with E-state index in [0.29, 0.717) is 11.6 Å². The van der Waals surface area contributed by atoms with E-state index < -0.39 is 5.97 Å². The van der Waals surface area contributed by atoms with Gasteiger partial charge >= 0.3 is 5.97 Å². The van der Waals surface area contributed by atoms with Crippen molar-refractivity contribution in [2.24, 2.45) is 0 Å². The van der Waals surface area contributed by atoms with Crippen LogP contribution in [0.5, 0.6) is 0 Å². The number of hydrogen-bond acceptors (Lipinski definition) is 7. The first-order valence-electron chi connectivity index (χ1n) is 5.61. The fourth-order valence-corrected chi connectivity index (χ4v) is 1.30. The lowest BCUT2D eigenvalue weighted by atomic mass is 10.4. The molecule has 0 aromatic carbocycles. The molecule has 0 aliphatic heterocycles. The minimum Gasteiger partial charge on any atom is -0.464 e. The molecule has 0 atom stereocenters. The number of aromatic nitrogens is 4. The van der Waals surface area contributed by atoms with Crippen LogP contribution in [0.4, 0.5) is 11.6 Å². The van der Waals surface area contributed by atoms with Crippen molar-refractivity contribution in [3.8, 4) is 0 Å². The zero-order valence-electron chi connectivity index (χ0n) is 10.9. The number of nitrogens with zero attached hydrogens (tertiary/aromatic N) is 4. The fourth-order valence-electron chi connectivity index (χ4n) is 1.14. The van der Waals surface area contributed by atoms with Crippen LogP contribution in [-0.2, 0) is 4.74 Å². The van der Waals surface area contributed by atoms with Crippen molar-refractivity contribution in [1.82, 2.24) is 19.2 Å². The number of esters is 1. The smallest absolute Gasteiger partial charge is 0.358 e. The number of rotatable bonds is 3. The van der Waals surface area contributed by atoms with Crippen molar-refractivity contribution >= 4 is 30.4 Å². The Morgan fingerprint density at radius 2 is 2.11 bits per heavy atom. The highest BCUT2D eigenvalue weighted by molar-refractivity contribution is 7.78. The summed E-state index contributed by atoms with van der Waals surface area (Å²) in [6, 6.07) is 1.71. The van der Waals surface area contributed by atoms with E-state index in [2.05, 4.69) is 37.9 Å². The van der Waals surface area contributed by atoms with Gasteiger partial charge in [0.05, 0.1) is 19.5 Å². The molecule has 2 aromatic rings. The van der Waals surface area contributed by atoms with Gasteiger partial charge in [-0.05, 0) is 12.8 Å². The van der Waals surface area contributed by atoms with Gasteiger partial charge in [-0.3, -0.25) is 4.98 Å². The van der Waals surface area contributed by atoms with Crippen LogP contribution in [-0.4, -0.2) is 32.2 Å². The second kappa shape index (κ2) is 7.37. The molecule has 19 heavy (non-hydrogen) atoms. The first-order chi connectivity index (χ1) is 9.19. The Morgan fingerprint density at radius 1 is 1.37 bits per heavy atom. The molecule has 2 aromatic heterocycles. The number of thiol groups is 1. The molecule has 0 fully saturated rings. The summed E-state index contributed by atoms with van der Waals surface area (Å²) in [6.45, 7) is 4.00. The summed E-state index contributed by atoms with van der Waals surface area (Å²) in [5.74, 6) is 0.414. The Balaban J connectivity index is 0.000000861. The molecule has 0 spiro atoms. The summed E-state index contributed by atoms with van der Waals surface area (Å²) in [6.07, 6.45) is 4.46. The topological polar surface area (TPSA) is 81.9 Å². The summed E-state index contributed by atoms with van der Waals surface area (Å²) in [5, 5.41) is 6.87. The number of carbonyl (C=O) groups excluding carboxylic acids is 1. The standard InChI is InChI=1S/C9H9N5O2S.C2H6/c1-16-9(15)6-4-10-5-8(11-6)12-7-2-3-14(17)13-7;1-2/h2-5,17H,1H3,(H,11,12,13);1-2H3. The van der Waals surface area contributed by atoms with Gasteiger partial charge in [0.1, 0.15) is 0 Å². The second-order valence-corrected chi connectivity index (χ2v) is 3.44. The molecular formula is C11H15N5O2S. The van der Waals surface area contributed by atoms with Crippen LogP contribution in [0.15, 0.2) is 24.7 Å². The SMILES string of the molecule is CC.COC(=O)c1cncc(Nc2ccn(S)n2)n1. The molecule has 0 bridgehead atoms. The summed E-state index contributed by atoms with van der Waals surface area (Å²) in [4.78, 5) is 19.1. The van der Waals surface area contributed by atoms with Crippen LogP contribution in [0, 0.1) is 0 Å². The lowest BCUT2D eigenvalue weighted by Gasteiger charge is -2.02. The van der Waals surface area contributed by atoms with Crippen molar-refractivity contribution in [1.29, 1.82) is 0 Å². The maximum absolute atomic E-state index is 11.2. The number of methoxy groups -OCH3 is 1. The molecule has 8 heteroatoms. The van der Waals surface area contributed by atoms with Crippen LogP contribution >= 0.6 is 12.8 Å². The van der Waals surface area contributed by atoms with E-state index in [4.69, 9.17) is 0 Å². The molecule has 2 rings (SSSR count). The van der Waals surface area contributed by atoms with Gasteiger partial charge in [-0.1, -0.05) is 13.8 Å².